The lowest BCUT2D eigenvalue weighted by atomic mass is 10.1. The Morgan fingerprint density at radius 1 is 0.964 bits per heavy atom. The number of carbonyl (C=O) groups excluding carboxylic acids is 1. The zero-order chi connectivity index (χ0) is 19.3. The number of thiophene rings is 2. The molecular formula is C22H20N2O2S2. The Labute approximate surface area is 171 Å². The van der Waals surface area contributed by atoms with Gasteiger partial charge in [0.15, 0.2) is 0 Å². The number of nitrogens with one attached hydrogen (secondary N) is 2. The van der Waals surface area contributed by atoms with E-state index in [9.17, 15) is 4.79 Å². The topological polar surface area (TPSA) is 61.4 Å². The summed E-state index contributed by atoms with van der Waals surface area (Å²) in [7, 11) is 0. The molecule has 0 aliphatic heterocycles. The molecule has 2 aromatic carbocycles. The molecule has 0 saturated heterocycles. The molecule has 0 fully saturated rings. The van der Waals surface area contributed by atoms with Gasteiger partial charge in [-0.05, 0) is 59.8 Å². The van der Waals surface area contributed by atoms with E-state index in [1.165, 1.54) is 26.7 Å². The van der Waals surface area contributed by atoms with Gasteiger partial charge in [-0.2, -0.15) is 0 Å². The van der Waals surface area contributed by atoms with Crippen LogP contribution >= 0.6 is 22.7 Å². The van der Waals surface area contributed by atoms with E-state index in [0.29, 0.717) is 4.88 Å². The highest BCUT2D eigenvalue weighted by Gasteiger charge is 2.11. The molecule has 0 aliphatic rings. The van der Waals surface area contributed by atoms with E-state index in [1.54, 1.807) is 16.8 Å². The largest absolute Gasteiger partial charge is 0.312 e. The van der Waals surface area contributed by atoms with Gasteiger partial charge in [-0.3, -0.25) is 10.0 Å². The first-order chi connectivity index (χ1) is 13.7. The van der Waals surface area contributed by atoms with E-state index in [1.807, 2.05) is 18.2 Å². The number of hydrogen-bond acceptors (Lipinski definition) is 5. The SMILES string of the molecule is O=C(NO)c1cc2cc(-c3ccc(CNCCc4ccccc4)s3)ccc2s1. The molecule has 0 bridgehead atoms. The molecule has 28 heavy (non-hydrogen) atoms. The third-order valence-corrected chi connectivity index (χ3v) is 6.77. The molecule has 0 saturated carbocycles. The quantitative estimate of drug-likeness (QED) is 0.227. The number of amides is 1. The average molecular weight is 409 g/mol. The van der Waals surface area contributed by atoms with Crippen molar-refractivity contribution in [2.45, 2.75) is 13.0 Å². The first-order valence-corrected chi connectivity index (χ1v) is 10.7. The average Bonchev–Trinajstić information content (AvgIpc) is 3.38. The normalized spacial score (nSPS) is 11.0. The third-order valence-electron chi connectivity index (χ3n) is 4.52. The molecule has 0 aliphatic carbocycles. The summed E-state index contributed by atoms with van der Waals surface area (Å²) >= 11 is 3.15. The molecule has 1 amide bonds. The van der Waals surface area contributed by atoms with Crippen molar-refractivity contribution in [2.75, 3.05) is 6.54 Å². The molecule has 3 N–H and O–H groups in total. The van der Waals surface area contributed by atoms with Crippen molar-refractivity contribution in [1.82, 2.24) is 10.8 Å². The highest BCUT2D eigenvalue weighted by molar-refractivity contribution is 7.20. The lowest BCUT2D eigenvalue weighted by Gasteiger charge is -2.03. The van der Waals surface area contributed by atoms with Crippen LogP contribution < -0.4 is 10.8 Å². The van der Waals surface area contributed by atoms with Gasteiger partial charge in [0.25, 0.3) is 5.91 Å². The van der Waals surface area contributed by atoms with Gasteiger partial charge in [0.2, 0.25) is 0 Å². The predicted molar refractivity (Wildman–Crippen MR) is 116 cm³/mol. The molecule has 4 nitrogen and oxygen atoms in total. The summed E-state index contributed by atoms with van der Waals surface area (Å²) < 4.78 is 1.03. The van der Waals surface area contributed by atoms with Crippen LogP contribution in [0.5, 0.6) is 0 Å². The van der Waals surface area contributed by atoms with Crippen molar-refractivity contribution in [2.24, 2.45) is 0 Å². The molecule has 2 heterocycles. The van der Waals surface area contributed by atoms with Crippen LogP contribution in [0.4, 0.5) is 0 Å². The van der Waals surface area contributed by atoms with Crippen molar-refractivity contribution in [3.05, 3.63) is 82.0 Å². The molecular weight excluding hydrogens is 388 g/mol. The van der Waals surface area contributed by atoms with Gasteiger partial charge in [0.05, 0.1) is 4.88 Å². The lowest BCUT2D eigenvalue weighted by molar-refractivity contribution is 0.0711. The third kappa shape index (κ3) is 4.31. The molecule has 6 heteroatoms. The summed E-state index contributed by atoms with van der Waals surface area (Å²) in [5, 5.41) is 13.3. The minimum absolute atomic E-state index is 0.470. The van der Waals surface area contributed by atoms with E-state index in [-0.39, 0.29) is 0 Å². The number of carbonyl (C=O) groups is 1. The van der Waals surface area contributed by atoms with Crippen molar-refractivity contribution in [3.63, 3.8) is 0 Å². The molecule has 4 rings (SSSR count). The van der Waals surface area contributed by atoms with Crippen LogP contribution in [-0.2, 0) is 13.0 Å². The summed E-state index contributed by atoms with van der Waals surface area (Å²) in [5.74, 6) is -0.470. The predicted octanol–water partition coefficient (Wildman–Crippen LogP) is 5.08. The Morgan fingerprint density at radius 3 is 2.64 bits per heavy atom. The highest BCUT2D eigenvalue weighted by Crippen LogP contribution is 2.33. The van der Waals surface area contributed by atoms with Gasteiger partial charge in [-0.1, -0.05) is 36.4 Å². The Bertz CT molecular complexity index is 1090. The fourth-order valence-corrected chi connectivity index (χ4v) is 4.99. The second kappa shape index (κ2) is 8.67. The minimum Gasteiger partial charge on any atom is -0.312 e. The molecule has 0 atom stereocenters. The number of fused-ring (bicyclic) bond motifs is 1. The number of rotatable bonds is 7. The first kappa shape index (κ1) is 18.8. The van der Waals surface area contributed by atoms with E-state index in [2.05, 4.69) is 53.8 Å². The van der Waals surface area contributed by atoms with Gasteiger partial charge in [-0.15, -0.1) is 22.7 Å². The second-order valence-corrected chi connectivity index (χ2v) is 8.73. The first-order valence-electron chi connectivity index (χ1n) is 9.05. The maximum absolute atomic E-state index is 11.6. The zero-order valence-corrected chi connectivity index (χ0v) is 16.8. The summed E-state index contributed by atoms with van der Waals surface area (Å²) in [6.45, 7) is 1.81. The van der Waals surface area contributed by atoms with Crippen LogP contribution in [0, 0.1) is 0 Å². The molecule has 0 radical (unpaired) electrons. The standard InChI is InChI=1S/C22H20N2O2S2/c25-22(24-26)21-13-17-12-16(6-8-20(17)28-21)19-9-7-18(27-19)14-23-11-10-15-4-2-1-3-5-15/h1-9,12-13,23,26H,10-11,14H2,(H,24,25). The Kier molecular flexibility index (Phi) is 5.83. The molecule has 2 aromatic heterocycles. The summed E-state index contributed by atoms with van der Waals surface area (Å²) in [6, 6.07) is 22.8. The van der Waals surface area contributed by atoms with E-state index in [0.717, 1.165) is 35.2 Å². The van der Waals surface area contributed by atoms with Crippen LogP contribution in [0.3, 0.4) is 0 Å². The van der Waals surface area contributed by atoms with Gasteiger partial charge in [-0.25, -0.2) is 5.48 Å². The summed E-state index contributed by atoms with van der Waals surface area (Å²) in [6.07, 6.45) is 1.03. The number of hydroxylamine groups is 1. The van der Waals surface area contributed by atoms with Crippen molar-refractivity contribution < 1.29 is 10.0 Å². The van der Waals surface area contributed by atoms with Crippen molar-refractivity contribution in [3.8, 4) is 10.4 Å². The lowest BCUT2D eigenvalue weighted by Crippen LogP contribution is -2.16. The van der Waals surface area contributed by atoms with Crippen LogP contribution in [0.2, 0.25) is 0 Å². The van der Waals surface area contributed by atoms with Crippen LogP contribution in [0.15, 0.2) is 66.7 Å². The van der Waals surface area contributed by atoms with Gasteiger partial charge in [0, 0.05) is 21.0 Å². The maximum Gasteiger partial charge on any atom is 0.284 e. The number of benzene rings is 2. The Morgan fingerprint density at radius 2 is 1.82 bits per heavy atom. The Hall–Kier alpha value is -2.51. The fourth-order valence-electron chi connectivity index (χ4n) is 3.08. The second-order valence-electron chi connectivity index (χ2n) is 6.48. The maximum atomic E-state index is 11.6. The van der Waals surface area contributed by atoms with Gasteiger partial charge >= 0.3 is 0 Å². The Balaban J connectivity index is 1.40. The smallest absolute Gasteiger partial charge is 0.284 e. The monoisotopic (exact) mass is 408 g/mol. The van der Waals surface area contributed by atoms with Crippen molar-refractivity contribution >= 4 is 38.7 Å². The summed E-state index contributed by atoms with van der Waals surface area (Å²) in [4.78, 5) is 14.6. The van der Waals surface area contributed by atoms with Crippen LogP contribution in [0.25, 0.3) is 20.5 Å². The van der Waals surface area contributed by atoms with Gasteiger partial charge in [0.1, 0.15) is 0 Å². The zero-order valence-electron chi connectivity index (χ0n) is 15.1. The molecule has 0 unspecified atom stereocenters. The van der Waals surface area contributed by atoms with Crippen molar-refractivity contribution in [1.29, 1.82) is 0 Å². The highest BCUT2D eigenvalue weighted by atomic mass is 32.1. The van der Waals surface area contributed by atoms with Crippen LogP contribution in [-0.4, -0.2) is 17.7 Å². The minimum atomic E-state index is -0.470. The van der Waals surface area contributed by atoms with E-state index in [4.69, 9.17) is 5.21 Å². The molecule has 142 valence electrons. The number of hydrogen-bond donors (Lipinski definition) is 3. The van der Waals surface area contributed by atoms with Crippen LogP contribution in [0.1, 0.15) is 20.1 Å². The van der Waals surface area contributed by atoms with E-state index < -0.39 is 5.91 Å². The van der Waals surface area contributed by atoms with Gasteiger partial charge < -0.3 is 5.32 Å². The molecule has 4 aromatic rings. The summed E-state index contributed by atoms with van der Waals surface area (Å²) in [5.41, 5.74) is 4.18. The van der Waals surface area contributed by atoms with E-state index >= 15 is 0 Å². The fraction of sp³-hybridized carbons (Fsp3) is 0.136. The molecule has 0 spiro atoms.